The first-order valence-electron chi connectivity index (χ1n) is 7.58. The average Bonchev–Trinajstić information content (AvgIpc) is 2.98. The quantitative estimate of drug-likeness (QED) is 0.390. The lowest BCUT2D eigenvalue weighted by Gasteiger charge is -2.17. The van der Waals surface area contributed by atoms with E-state index in [1.165, 1.54) is 18.6 Å². The number of halogens is 4. The molecule has 1 aliphatic rings. The van der Waals surface area contributed by atoms with Gasteiger partial charge in [-0.1, -0.05) is 12.1 Å². The van der Waals surface area contributed by atoms with E-state index in [9.17, 15) is 13.2 Å². The van der Waals surface area contributed by atoms with Crippen LogP contribution in [0.5, 0.6) is 0 Å². The molecule has 0 aromatic heterocycles. The standard InChI is InChI=1S/C16H22F3N3S.HI/c1-20-15(22-13-6-7-14(9-13)23-2)21-10-11-4-3-5-12(8-11)16(17,18)19;/h3-5,8,13-14H,6-7,9-10H2,1-2H3,(H2,20,21,22);1H. The Labute approximate surface area is 162 Å². The van der Waals surface area contributed by atoms with E-state index >= 15 is 0 Å². The fourth-order valence-corrected chi connectivity index (χ4v) is 3.51. The number of nitrogens with zero attached hydrogens (tertiary/aromatic N) is 1. The molecule has 1 aromatic rings. The maximum atomic E-state index is 12.7. The first-order chi connectivity index (χ1) is 10.9. The highest BCUT2D eigenvalue weighted by Crippen LogP contribution is 2.29. The summed E-state index contributed by atoms with van der Waals surface area (Å²) in [6, 6.07) is 5.72. The number of guanidine groups is 1. The molecule has 2 atom stereocenters. The monoisotopic (exact) mass is 473 g/mol. The zero-order valence-corrected chi connectivity index (χ0v) is 16.8. The molecular formula is C16H23F3IN3S. The van der Waals surface area contributed by atoms with Crippen LogP contribution >= 0.6 is 35.7 Å². The van der Waals surface area contributed by atoms with Gasteiger partial charge in [-0.05, 0) is 43.2 Å². The van der Waals surface area contributed by atoms with E-state index in [1.807, 2.05) is 11.8 Å². The van der Waals surface area contributed by atoms with Crippen molar-refractivity contribution in [2.24, 2.45) is 4.99 Å². The number of thioether (sulfide) groups is 1. The fraction of sp³-hybridized carbons (Fsp3) is 0.562. The molecule has 0 bridgehead atoms. The van der Waals surface area contributed by atoms with E-state index in [2.05, 4.69) is 21.9 Å². The van der Waals surface area contributed by atoms with Crippen molar-refractivity contribution in [1.29, 1.82) is 0 Å². The lowest BCUT2D eigenvalue weighted by molar-refractivity contribution is -0.137. The molecule has 2 rings (SSSR count). The molecule has 8 heteroatoms. The first kappa shape index (κ1) is 21.4. The molecule has 136 valence electrons. The highest BCUT2D eigenvalue weighted by molar-refractivity contribution is 14.0. The van der Waals surface area contributed by atoms with Crippen LogP contribution in [-0.2, 0) is 12.7 Å². The number of hydrogen-bond donors (Lipinski definition) is 2. The highest BCUT2D eigenvalue weighted by Gasteiger charge is 2.30. The van der Waals surface area contributed by atoms with Crippen LogP contribution in [0.3, 0.4) is 0 Å². The molecular weight excluding hydrogens is 450 g/mol. The van der Waals surface area contributed by atoms with Crippen LogP contribution in [0.2, 0.25) is 0 Å². The molecule has 2 unspecified atom stereocenters. The minimum Gasteiger partial charge on any atom is -0.354 e. The van der Waals surface area contributed by atoms with Crippen molar-refractivity contribution < 1.29 is 13.2 Å². The second kappa shape index (κ2) is 9.74. The van der Waals surface area contributed by atoms with Crippen LogP contribution < -0.4 is 10.6 Å². The molecule has 1 aromatic carbocycles. The largest absolute Gasteiger partial charge is 0.416 e. The Bertz CT molecular complexity index is 552. The minimum absolute atomic E-state index is 0. The molecule has 3 nitrogen and oxygen atoms in total. The van der Waals surface area contributed by atoms with Gasteiger partial charge >= 0.3 is 6.18 Å². The van der Waals surface area contributed by atoms with Crippen molar-refractivity contribution in [3.05, 3.63) is 35.4 Å². The summed E-state index contributed by atoms with van der Waals surface area (Å²) in [7, 11) is 1.67. The van der Waals surface area contributed by atoms with Gasteiger partial charge < -0.3 is 10.6 Å². The SMILES string of the molecule is CN=C(NCc1cccc(C(F)(F)F)c1)NC1CCC(SC)C1.I. The normalized spacial score (nSPS) is 21.3. The zero-order chi connectivity index (χ0) is 16.9. The van der Waals surface area contributed by atoms with Gasteiger partial charge in [0.25, 0.3) is 0 Å². The van der Waals surface area contributed by atoms with Gasteiger partial charge in [0.1, 0.15) is 0 Å². The van der Waals surface area contributed by atoms with Crippen molar-refractivity contribution in [3.63, 3.8) is 0 Å². The van der Waals surface area contributed by atoms with Gasteiger partial charge in [0.15, 0.2) is 5.96 Å². The second-order valence-corrected chi connectivity index (χ2v) is 6.77. The summed E-state index contributed by atoms with van der Waals surface area (Å²) < 4.78 is 38.1. The van der Waals surface area contributed by atoms with Gasteiger partial charge in [-0.15, -0.1) is 24.0 Å². The Morgan fingerprint density at radius 3 is 2.67 bits per heavy atom. The molecule has 1 aliphatic carbocycles. The van der Waals surface area contributed by atoms with Crippen LogP contribution in [-0.4, -0.2) is 30.6 Å². The summed E-state index contributed by atoms with van der Waals surface area (Å²) in [6.45, 7) is 0.308. The van der Waals surface area contributed by atoms with E-state index < -0.39 is 11.7 Å². The summed E-state index contributed by atoms with van der Waals surface area (Å²) >= 11 is 1.88. The third-order valence-corrected chi connectivity index (χ3v) is 5.09. The van der Waals surface area contributed by atoms with Crippen molar-refractivity contribution in [1.82, 2.24) is 10.6 Å². The predicted molar refractivity (Wildman–Crippen MR) is 105 cm³/mol. The van der Waals surface area contributed by atoms with Gasteiger partial charge in [-0.25, -0.2) is 0 Å². The Hall–Kier alpha value is -0.640. The summed E-state index contributed by atoms with van der Waals surface area (Å²) in [5.74, 6) is 0.633. The number of benzene rings is 1. The third kappa shape index (κ3) is 6.34. The van der Waals surface area contributed by atoms with E-state index in [0.717, 1.165) is 18.9 Å². The van der Waals surface area contributed by atoms with Gasteiger partial charge in [-0.2, -0.15) is 24.9 Å². The Balaban J connectivity index is 0.00000288. The molecule has 0 aliphatic heterocycles. The topological polar surface area (TPSA) is 36.4 Å². The lowest BCUT2D eigenvalue weighted by atomic mass is 10.1. The number of nitrogens with one attached hydrogen (secondary N) is 2. The predicted octanol–water partition coefficient (Wildman–Crippen LogP) is 4.27. The van der Waals surface area contributed by atoms with Crippen LogP contribution in [0.1, 0.15) is 30.4 Å². The number of rotatable bonds is 4. The first-order valence-corrected chi connectivity index (χ1v) is 8.87. The maximum Gasteiger partial charge on any atom is 0.416 e. The van der Waals surface area contributed by atoms with Crippen LogP contribution in [0, 0.1) is 0 Å². The average molecular weight is 473 g/mol. The number of aliphatic imine (C=N–C) groups is 1. The number of alkyl halides is 3. The summed E-state index contributed by atoms with van der Waals surface area (Å²) in [4.78, 5) is 4.15. The highest BCUT2D eigenvalue weighted by atomic mass is 127. The Kier molecular flexibility index (Phi) is 8.69. The maximum absolute atomic E-state index is 12.7. The number of hydrogen-bond acceptors (Lipinski definition) is 2. The minimum atomic E-state index is -4.31. The van der Waals surface area contributed by atoms with Crippen molar-refractivity contribution in [3.8, 4) is 0 Å². The van der Waals surface area contributed by atoms with Crippen LogP contribution in [0.4, 0.5) is 13.2 Å². The van der Waals surface area contributed by atoms with Gasteiger partial charge in [0.2, 0.25) is 0 Å². The molecule has 24 heavy (non-hydrogen) atoms. The molecule has 0 radical (unpaired) electrons. The Morgan fingerprint density at radius 1 is 1.33 bits per heavy atom. The van der Waals surface area contributed by atoms with Crippen LogP contribution in [0.25, 0.3) is 0 Å². The molecule has 1 fully saturated rings. The summed E-state index contributed by atoms with van der Waals surface area (Å²) in [5, 5.41) is 7.11. The molecule has 1 saturated carbocycles. The summed E-state index contributed by atoms with van der Waals surface area (Å²) in [6.07, 6.45) is 1.17. The fourth-order valence-electron chi connectivity index (χ4n) is 2.72. The van der Waals surface area contributed by atoms with E-state index in [-0.39, 0.29) is 24.0 Å². The van der Waals surface area contributed by atoms with E-state index in [4.69, 9.17) is 0 Å². The molecule has 0 amide bonds. The zero-order valence-electron chi connectivity index (χ0n) is 13.7. The van der Waals surface area contributed by atoms with E-state index in [1.54, 1.807) is 13.1 Å². The molecule has 0 heterocycles. The summed E-state index contributed by atoms with van der Waals surface area (Å²) in [5.41, 5.74) is -0.0467. The van der Waals surface area contributed by atoms with Crippen molar-refractivity contribution in [2.75, 3.05) is 13.3 Å². The van der Waals surface area contributed by atoms with Gasteiger partial charge in [0.05, 0.1) is 5.56 Å². The molecule has 2 N–H and O–H groups in total. The van der Waals surface area contributed by atoms with Crippen LogP contribution in [0.15, 0.2) is 29.3 Å². The van der Waals surface area contributed by atoms with Crippen molar-refractivity contribution in [2.45, 2.75) is 43.3 Å². The smallest absolute Gasteiger partial charge is 0.354 e. The van der Waals surface area contributed by atoms with Gasteiger partial charge in [-0.3, -0.25) is 4.99 Å². The lowest BCUT2D eigenvalue weighted by Crippen LogP contribution is -2.42. The van der Waals surface area contributed by atoms with Crippen molar-refractivity contribution >= 4 is 41.7 Å². The Morgan fingerprint density at radius 2 is 2.08 bits per heavy atom. The third-order valence-electron chi connectivity index (χ3n) is 4.00. The molecule has 0 saturated heterocycles. The second-order valence-electron chi connectivity index (χ2n) is 5.64. The van der Waals surface area contributed by atoms with E-state index in [0.29, 0.717) is 29.4 Å². The van der Waals surface area contributed by atoms with Gasteiger partial charge in [0, 0.05) is 24.9 Å². The molecule has 0 spiro atoms.